The van der Waals surface area contributed by atoms with Crippen LogP contribution in [0.4, 0.5) is 18.9 Å². The molecule has 25 heavy (non-hydrogen) atoms. The van der Waals surface area contributed by atoms with Crippen LogP contribution in [0.15, 0.2) is 54.7 Å². The summed E-state index contributed by atoms with van der Waals surface area (Å²) < 4.78 is 40.5. The Morgan fingerprint density at radius 1 is 1.12 bits per heavy atom. The molecule has 2 aromatic carbocycles. The van der Waals surface area contributed by atoms with E-state index in [2.05, 4.69) is 15.0 Å². The van der Waals surface area contributed by atoms with Gasteiger partial charge >= 0.3 is 6.36 Å². The average Bonchev–Trinajstić information content (AvgIpc) is 3.00. The quantitative estimate of drug-likeness (QED) is 0.706. The van der Waals surface area contributed by atoms with E-state index in [0.717, 1.165) is 22.5 Å². The van der Waals surface area contributed by atoms with Crippen LogP contribution in [0.2, 0.25) is 0 Å². The molecule has 0 aliphatic carbocycles. The predicted octanol–water partition coefficient (Wildman–Crippen LogP) is 4.64. The van der Waals surface area contributed by atoms with Crippen LogP contribution in [0, 0.1) is 0 Å². The molecule has 0 aliphatic rings. The van der Waals surface area contributed by atoms with Gasteiger partial charge in [0.25, 0.3) is 0 Å². The number of hydrogen-bond donors (Lipinski definition) is 2. The summed E-state index contributed by atoms with van der Waals surface area (Å²) in [7, 11) is 0. The Kier molecular flexibility index (Phi) is 4.65. The molecule has 3 aromatic rings. The lowest BCUT2D eigenvalue weighted by molar-refractivity contribution is -0.274. The minimum atomic E-state index is -4.77. The summed E-state index contributed by atoms with van der Waals surface area (Å²) >= 11 is 0. The minimum absolute atomic E-state index is 0.217. The highest BCUT2D eigenvalue weighted by atomic mass is 19.4. The fourth-order valence-corrected chi connectivity index (χ4v) is 2.61. The zero-order valence-electron chi connectivity index (χ0n) is 13.1. The molecule has 0 unspecified atom stereocenters. The Morgan fingerprint density at radius 3 is 2.72 bits per heavy atom. The SMILES string of the molecule is O=C(CCc1cccc2[nH]ccc12)Nc1cccc(OC(F)(F)F)c1. The lowest BCUT2D eigenvalue weighted by Gasteiger charge is -2.11. The van der Waals surface area contributed by atoms with Gasteiger partial charge < -0.3 is 15.0 Å². The maximum atomic E-state index is 12.2. The normalized spacial score (nSPS) is 11.5. The predicted molar refractivity (Wildman–Crippen MR) is 88.4 cm³/mol. The molecule has 0 aliphatic heterocycles. The highest BCUT2D eigenvalue weighted by Gasteiger charge is 2.31. The van der Waals surface area contributed by atoms with E-state index in [-0.39, 0.29) is 23.8 Å². The maximum Gasteiger partial charge on any atom is 0.573 e. The Bertz CT molecular complexity index is 887. The molecule has 0 fully saturated rings. The standard InChI is InChI=1S/C18H15F3N2O2/c19-18(20,21)25-14-5-2-4-13(11-14)23-17(24)8-7-12-3-1-6-16-15(12)9-10-22-16/h1-6,9-11,22H,7-8H2,(H,23,24). The average molecular weight is 348 g/mol. The van der Waals surface area contributed by atoms with Crippen LogP contribution in [0.5, 0.6) is 5.75 Å². The first-order chi connectivity index (χ1) is 11.9. The number of carbonyl (C=O) groups excluding carboxylic acids is 1. The van der Waals surface area contributed by atoms with Gasteiger partial charge in [0.1, 0.15) is 5.75 Å². The minimum Gasteiger partial charge on any atom is -0.406 e. The molecule has 1 aromatic heterocycles. The molecule has 2 N–H and O–H groups in total. The molecule has 1 amide bonds. The lowest BCUT2D eigenvalue weighted by Crippen LogP contribution is -2.17. The molecule has 0 saturated heterocycles. The molecule has 0 radical (unpaired) electrons. The number of hydrogen-bond acceptors (Lipinski definition) is 2. The third kappa shape index (κ3) is 4.53. The number of benzene rings is 2. The van der Waals surface area contributed by atoms with Crippen LogP contribution in [-0.2, 0) is 11.2 Å². The molecule has 0 atom stereocenters. The van der Waals surface area contributed by atoms with Crippen molar-refractivity contribution in [2.45, 2.75) is 19.2 Å². The topological polar surface area (TPSA) is 54.1 Å². The van der Waals surface area contributed by atoms with Crippen molar-refractivity contribution in [1.29, 1.82) is 0 Å². The smallest absolute Gasteiger partial charge is 0.406 e. The van der Waals surface area contributed by atoms with Gasteiger partial charge in [0.05, 0.1) is 0 Å². The summed E-state index contributed by atoms with van der Waals surface area (Å²) in [5.41, 5.74) is 2.28. The van der Waals surface area contributed by atoms with E-state index in [0.29, 0.717) is 6.42 Å². The van der Waals surface area contributed by atoms with Crippen molar-refractivity contribution in [2.24, 2.45) is 0 Å². The summed E-state index contributed by atoms with van der Waals surface area (Å²) in [6.45, 7) is 0. The largest absolute Gasteiger partial charge is 0.573 e. The number of ether oxygens (including phenoxy) is 1. The highest BCUT2D eigenvalue weighted by molar-refractivity contribution is 5.91. The number of amides is 1. The van der Waals surface area contributed by atoms with Crippen molar-refractivity contribution < 1.29 is 22.7 Å². The van der Waals surface area contributed by atoms with Crippen LogP contribution in [0.3, 0.4) is 0 Å². The van der Waals surface area contributed by atoms with Crippen LogP contribution >= 0.6 is 0 Å². The molecule has 4 nitrogen and oxygen atoms in total. The number of fused-ring (bicyclic) bond motifs is 1. The van der Waals surface area contributed by atoms with Gasteiger partial charge in [-0.25, -0.2) is 0 Å². The number of rotatable bonds is 5. The van der Waals surface area contributed by atoms with Gasteiger partial charge in [-0.15, -0.1) is 13.2 Å². The van der Waals surface area contributed by atoms with Crippen molar-refractivity contribution in [2.75, 3.05) is 5.32 Å². The van der Waals surface area contributed by atoms with E-state index >= 15 is 0 Å². The molecule has 0 spiro atoms. The summed E-state index contributed by atoms with van der Waals surface area (Å²) in [5, 5.41) is 3.64. The van der Waals surface area contributed by atoms with Crippen LogP contribution < -0.4 is 10.1 Å². The highest BCUT2D eigenvalue weighted by Crippen LogP contribution is 2.25. The Labute approximate surface area is 141 Å². The van der Waals surface area contributed by atoms with E-state index in [4.69, 9.17) is 0 Å². The molecular formula is C18H15F3N2O2. The second-order valence-corrected chi connectivity index (χ2v) is 5.48. The maximum absolute atomic E-state index is 12.2. The van der Waals surface area contributed by atoms with Gasteiger partial charge in [-0.3, -0.25) is 4.79 Å². The number of halogens is 3. The molecule has 1 heterocycles. The van der Waals surface area contributed by atoms with E-state index in [9.17, 15) is 18.0 Å². The van der Waals surface area contributed by atoms with Gasteiger partial charge in [-0.05, 0) is 36.2 Å². The van der Waals surface area contributed by atoms with Crippen molar-refractivity contribution in [3.8, 4) is 5.75 Å². The zero-order chi connectivity index (χ0) is 17.9. The van der Waals surface area contributed by atoms with Crippen molar-refractivity contribution in [1.82, 2.24) is 4.98 Å². The molecule has 130 valence electrons. The van der Waals surface area contributed by atoms with Crippen LogP contribution in [0.1, 0.15) is 12.0 Å². The summed E-state index contributed by atoms with van der Waals surface area (Å²) in [6, 6.07) is 13.0. The summed E-state index contributed by atoms with van der Waals surface area (Å²) in [6.07, 6.45) is -2.19. The Morgan fingerprint density at radius 2 is 1.92 bits per heavy atom. The first-order valence-corrected chi connectivity index (χ1v) is 7.61. The molecule has 0 bridgehead atoms. The van der Waals surface area contributed by atoms with E-state index in [1.54, 1.807) is 0 Å². The number of alkyl halides is 3. The van der Waals surface area contributed by atoms with Crippen LogP contribution in [-0.4, -0.2) is 17.3 Å². The number of nitrogens with one attached hydrogen (secondary N) is 2. The Balaban J connectivity index is 1.61. The number of aromatic nitrogens is 1. The van der Waals surface area contributed by atoms with Gasteiger partial charge in [0.15, 0.2) is 0 Å². The number of aromatic amines is 1. The first kappa shape index (κ1) is 16.9. The van der Waals surface area contributed by atoms with Crippen molar-refractivity contribution >= 4 is 22.5 Å². The molecule has 3 rings (SSSR count). The number of carbonyl (C=O) groups is 1. The van der Waals surface area contributed by atoms with E-state index in [1.807, 2.05) is 30.5 Å². The van der Waals surface area contributed by atoms with Gasteiger partial charge in [-0.2, -0.15) is 0 Å². The van der Waals surface area contributed by atoms with Crippen molar-refractivity contribution in [3.05, 3.63) is 60.3 Å². The number of anilines is 1. The van der Waals surface area contributed by atoms with E-state index in [1.165, 1.54) is 18.2 Å². The number of aryl methyl sites for hydroxylation is 1. The first-order valence-electron chi connectivity index (χ1n) is 7.61. The lowest BCUT2D eigenvalue weighted by atomic mass is 10.1. The molecule has 0 saturated carbocycles. The van der Waals surface area contributed by atoms with Gasteiger partial charge in [0, 0.05) is 35.3 Å². The fourth-order valence-electron chi connectivity index (χ4n) is 2.61. The Hall–Kier alpha value is -2.96. The third-order valence-corrected chi connectivity index (χ3v) is 3.66. The second-order valence-electron chi connectivity index (χ2n) is 5.48. The monoisotopic (exact) mass is 348 g/mol. The van der Waals surface area contributed by atoms with Crippen LogP contribution in [0.25, 0.3) is 10.9 Å². The summed E-state index contributed by atoms with van der Waals surface area (Å²) in [5.74, 6) is -0.654. The van der Waals surface area contributed by atoms with E-state index < -0.39 is 6.36 Å². The third-order valence-electron chi connectivity index (χ3n) is 3.66. The molecular weight excluding hydrogens is 333 g/mol. The number of H-pyrrole nitrogens is 1. The fraction of sp³-hybridized carbons (Fsp3) is 0.167. The van der Waals surface area contributed by atoms with Gasteiger partial charge in [0.2, 0.25) is 5.91 Å². The van der Waals surface area contributed by atoms with Gasteiger partial charge in [-0.1, -0.05) is 18.2 Å². The second kappa shape index (κ2) is 6.88. The molecule has 7 heteroatoms. The zero-order valence-corrected chi connectivity index (χ0v) is 13.1. The van der Waals surface area contributed by atoms with Crippen molar-refractivity contribution in [3.63, 3.8) is 0 Å². The summed E-state index contributed by atoms with van der Waals surface area (Å²) in [4.78, 5) is 15.2.